The molecule has 1 aliphatic rings. The molecule has 0 aliphatic carbocycles. The maximum Gasteiger partial charge on any atom is 0.224 e. The van der Waals surface area contributed by atoms with Gasteiger partial charge in [0.05, 0.1) is 0 Å². The van der Waals surface area contributed by atoms with Crippen LogP contribution in [0.1, 0.15) is 37.4 Å². The van der Waals surface area contributed by atoms with Crippen LogP contribution in [-0.2, 0) is 0 Å². The quantitative estimate of drug-likeness (QED) is 0.661. The first-order valence-corrected chi connectivity index (χ1v) is 10.5. The summed E-state index contributed by atoms with van der Waals surface area (Å²) < 4.78 is 0. The van der Waals surface area contributed by atoms with Crippen molar-refractivity contribution in [1.29, 1.82) is 0 Å². The largest absolute Gasteiger partial charge is 0.354 e. The number of hydrogen-bond donors (Lipinski definition) is 1. The van der Waals surface area contributed by atoms with Gasteiger partial charge < -0.3 is 10.2 Å². The van der Waals surface area contributed by atoms with E-state index >= 15 is 0 Å². The first-order valence-electron chi connectivity index (χ1n) is 10.5. The highest BCUT2D eigenvalue weighted by atomic mass is 15.3. The Bertz CT molecular complexity index is 736. The van der Waals surface area contributed by atoms with Gasteiger partial charge in [-0.3, -0.25) is 4.90 Å². The van der Waals surface area contributed by atoms with E-state index in [1.165, 1.54) is 18.4 Å². The Morgan fingerprint density at radius 2 is 1.82 bits per heavy atom. The standard InChI is InChI=1S/C23H33N5/c1-3-4-8-13-24-23-25-20(2)19-22(26-23)28-17-15-27(16-18-28)14-9-12-21-10-6-5-7-11-21/h5-7,9-12,19H,3-4,8,13-18H2,1-2H3,(H,24,25,26)/b12-9+. The summed E-state index contributed by atoms with van der Waals surface area (Å²) in [5, 5.41) is 3.38. The number of benzene rings is 1. The smallest absolute Gasteiger partial charge is 0.224 e. The molecule has 1 saturated heterocycles. The van der Waals surface area contributed by atoms with Crippen molar-refractivity contribution >= 4 is 17.8 Å². The van der Waals surface area contributed by atoms with E-state index in [2.05, 4.69) is 75.6 Å². The fourth-order valence-corrected chi connectivity index (χ4v) is 3.43. The summed E-state index contributed by atoms with van der Waals surface area (Å²) in [5.74, 6) is 1.81. The molecule has 1 N–H and O–H groups in total. The molecule has 0 unspecified atom stereocenters. The van der Waals surface area contributed by atoms with E-state index < -0.39 is 0 Å². The number of aromatic nitrogens is 2. The highest BCUT2D eigenvalue weighted by molar-refractivity contribution is 5.49. The van der Waals surface area contributed by atoms with Gasteiger partial charge >= 0.3 is 0 Å². The molecule has 1 aliphatic heterocycles. The lowest BCUT2D eigenvalue weighted by Crippen LogP contribution is -2.46. The molecule has 1 fully saturated rings. The maximum absolute atomic E-state index is 4.75. The molecule has 2 heterocycles. The van der Waals surface area contributed by atoms with E-state index in [-0.39, 0.29) is 0 Å². The van der Waals surface area contributed by atoms with Crippen molar-refractivity contribution in [3.8, 4) is 0 Å². The predicted octanol–water partition coefficient (Wildman–Crippen LogP) is 4.22. The molecule has 3 rings (SSSR count). The average Bonchev–Trinajstić information content (AvgIpc) is 2.72. The molecule has 0 atom stereocenters. The fraction of sp³-hybridized carbons (Fsp3) is 0.478. The summed E-state index contributed by atoms with van der Waals surface area (Å²) in [7, 11) is 0. The summed E-state index contributed by atoms with van der Waals surface area (Å²) in [6.45, 7) is 10.3. The Balaban J connectivity index is 1.48. The fourth-order valence-electron chi connectivity index (χ4n) is 3.43. The monoisotopic (exact) mass is 379 g/mol. The first-order chi connectivity index (χ1) is 13.7. The van der Waals surface area contributed by atoms with E-state index in [1.807, 2.05) is 6.92 Å². The van der Waals surface area contributed by atoms with Gasteiger partial charge in [-0.2, -0.15) is 4.98 Å². The van der Waals surface area contributed by atoms with E-state index in [0.29, 0.717) is 0 Å². The third kappa shape index (κ3) is 6.34. The molecule has 0 bridgehead atoms. The van der Waals surface area contributed by atoms with Crippen LogP contribution in [0.2, 0.25) is 0 Å². The molecule has 5 nitrogen and oxygen atoms in total. The van der Waals surface area contributed by atoms with E-state index in [4.69, 9.17) is 4.98 Å². The maximum atomic E-state index is 4.75. The number of anilines is 2. The minimum Gasteiger partial charge on any atom is -0.354 e. The Morgan fingerprint density at radius 1 is 1.04 bits per heavy atom. The van der Waals surface area contributed by atoms with Crippen molar-refractivity contribution in [2.45, 2.75) is 33.1 Å². The summed E-state index contributed by atoms with van der Waals surface area (Å²) in [4.78, 5) is 14.2. The topological polar surface area (TPSA) is 44.3 Å². The van der Waals surface area contributed by atoms with Gasteiger partial charge in [0, 0.05) is 51.0 Å². The Labute approximate surface area is 169 Å². The molecule has 0 saturated carbocycles. The average molecular weight is 380 g/mol. The molecule has 28 heavy (non-hydrogen) atoms. The van der Waals surface area contributed by atoms with Crippen molar-refractivity contribution in [1.82, 2.24) is 14.9 Å². The van der Waals surface area contributed by atoms with Gasteiger partial charge in [0.25, 0.3) is 0 Å². The summed E-state index contributed by atoms with van der Waals surface area (Å²) >= 11 is 0. The molecule has 0 amide bonds. The van der Waals surface area contributed by atoms with Gasteiger partial charge in [0.1, 0.15) is 5.82 Å². The van der Waals surface area contributed by atoms with Gasteiger partial charge in [0.15, 0.2) is 0 Å². The zero-order valence-electron chi connectivity index (χ0n) is 17.3. The van der Waals surface area contributed by atoms with Gasteiger partial charge in [-0.1, -0.05) is 62.2 Å². The summed E-state index contributed by atoms with van der Waals surface area (Å²) in [6.07, 6.45) is 8.10. The van der Waals surface area contributed by atoms with E-state index in [0.717, 1.165) is 63.1 Å². The zero-order chi connectivity index (χ0) is 19.6. The highest BCUT2D eigenvalue weighted by Gasteiger charge is 2.18. The first kappa shape index (κ1) is 20.3. The minimum absolute atomic E-state index is 0.763. The van der Waals surface area contributed by atoms with Crippen LogP contribution in [-0.4, -0.2) is 54.1 Å². The second-order valence-corrected chi connectivity index (χ2v) is 7.43. The molecule has 150 valence electrons. The predicted molar refractivity (Wildman–Crippen MR) is 119 cm³/mol. The molecule has 1 aromatic heterocycles. The van der Waals surface area contributed by atoms with Crippen molar-refractivity contribution in [3.63, 3.8) is 0 Å². The molecule has 5 heteroatoms. The van der Waals surface area contributed by atoms with Gasteiger partial charge in [-0.05, 0) is 18.9 Å². The zero-order valence-corrected chi connectivity index (χ0v) is 17.3. The van der Waals surface area contributed by atoms with Crippen LogP contribution in [0.5, 0.6) is 0 Å². The Kier molecular flexibility index (Phi) is 7.85. The molecular formula is C23H33N5. The number of aryl methyl sites for hydroxylation is 1. The highest BCUT2D eigenvalue weighted by Crippen LogP contribution is 2.17. The second kappa shape index (κ2) is 10.8. The third-order valence-electron chi connectivity index (χ3n) is 5.07. The number of piperazine rings is 1. The van der Waals surface area contributed by atoms with Crippen LogP contribution in [0.25, 0.3) is 6.08 Å². The van der Waals surface area contributed by atoms with Crippen LogP contribution < -0.4 is 10.2 Å². The number of unbranched alkanes of at least 4 members (excludes halogenated alkanes) is 2. The SMILES string of the molecule is CCCCCNc1nc(C)cc(N2CCN(C/C=C/c3ccccc3)CC2)n1. The second-order valence-electron chi connectivity index (χ2n) is 7.43. The van der Waals surface area contributed by atoms with E-state index in [9.17, 15) is 0 Å². The van der Waals surface area contributed by atoms with Crippen molar-refractivity contribution < 1.29 is 0 Å². The lowest BCUT2D eigenvalue weighted by atomic mass is 10.2. The van der Waals surface area contributed by atoms with Crippen LogP contribution in [0.15, 0.2) is 42.5 Å². The normalized spacial score (nSPS) is 15.3. The van der Waals surface area contributed by atoms with Crippen molar-refractivity contribution in [2.24, 2.45) is 0 Å². The van der Waals surface area contributed by atoms with Crippen molar-refractivity contribution in [2.75, 3.05) is 49.5 Å². The molecule has 0 spiro atoms. The summed E-state index contributed by atoms with van der Waals surface area (Å²) in [5.41, 5.74) is 2.28. The van der Waals surface area contributed by atoms with Gasteiger partial charge in [-0.25, -0.2) is 4.98 Å². The van der Waals surface area contributed by atoms with Gasteiger partial charge in [0.2, 0.25) is 5.95 Å². The lowest BCUT2D eigenvalue weighted by Gasteiger charge is -2.35. The van der Waals surface area contributed by atoms with Gasteiger partial charge in [-0.15, -0.1) is 0 Å². The van der Waals surface area contributed by atoms with Crippen molar-refractivity contribution in [3.05, 3.63) is 53.7 Å². The third-order valence-corrected chi connectivity index (χ3v) is 5.07. The minimum atomic E-state index is 0.763. The van der Waals surface area contributed by atoms with Crippen LogP contribution in [0.3, 0.4) is 0 Å². The number of rotatable bonds is 9. The number of hydrogen-bond acceptors (Lipinski definition) is 5. The number of nitrogens with zero attached hydrogens (tertiary/aromatic N) is 4. The van der Waals surface area contributed by atoms with Crippen LogP contribution in [0.4, 0.5) is 11.8 Å². The van der Waals surface area contributed by atoms with Crippen LogP contribution in [0, 0.1) is 6.92 Å². The number of nitrogens with one attached hydrogen (secondary N) is 1. The lowest BCUT2D eigenvalue weighted by molar-refractivity contribution is 0.283. The van der Waals surface area contributed by atoms with Crippen LogP contribution >= 0.6 is 0 Å². The Hall–Kier alpha value is -2.40. The molecule has 2 aromatic rings. The Morgan fingerprint density at radius 3 is 2.57 bits per heavy atom. The molecular weight excluding hydrogens is 346 g/mol. The summed E-state index contributed by atoms with van der Waals surface area (Å²) in [6, 6.07) is 12.6. The molecule has 1 aromatic carbocycles. The van der Waals surface area contributed by atoms with E-state index in [1.54, 1.807) is 0 Å². The molecule has 0 radical (unpaired) electrons.